The number of carbonyl (C=O) groups excluding carboxylic acids is 1. The molecule has 6 heteroatoms. The molecule has 1 N–H and O–H groups in total. The summed E-state index contributed by atoms with van der Waals surface area (Å²) in [4.78, 5) is 15.1. The second kappa shape index (κ2) is 8.99. The number of hydrogen-bond acceptors (Lipinski definition) is 4. The Balaban J connectivity index is 1.40. The van der Waals surface area contributed by atoms with Crippen LogP contribution < -0.4 is 10.1 Å². The number of para-hydroxylation sites is 1. The fourth-order valence-corrected chi connectivity index (χ4v) is 4.70. The van der Waals surface area contributed by atoms with Crippen molar-refractivity contribution < 1.29 is 9.53 Å². The molecule has 1 aliphatic carbocycles. The molecule has 29 heavy (non-hydrogen) atoms. The molecule has 0 saturated carbocycles. The van der Waals surface area contributed by atoms with Gasteiger partial charge in [-0.15, -0.1) is 0 Å². The number of likely N-dealkylation sites (tertiary alicyclic amines) is 1. The van der Waals surface area contributed by atoms with E-state index < -0.39 is 0 Å². The molecule has 6 nitrogen and oxygen atoms in total. The molecular weight excluding hydrogens is 364 g/mol. The van der Waals surface area contributed by atoms with Gasteiger partial charge < -0.3 is 15.0 Å². The maximum Gasteiger partial charge on any atom is 0.274 e. The summed E-state index contributed by atoms with van der Waals surface area (Å²) in [5, 5.41) is 8.33. The van der Waals surface area contributed by atoms with Crippen LogP contribution in [0.4, 0.5) is 0 Å². The van der Waals surface area contributed by atoms with Crippen molar-refractivity contribution in [2.75, 3.05) is 26.7 Å². The summed E-state index contributed by atoms with van der Waals surface area (Å²) in [6.45, 7) is 2.63. The molecule has 1 amide bonds. The number of piperidine rings is 1. The van der Waals surface area contributed by atoms with E-state index in [1.165, 1.54) is 17.7 Å². The molecule has 0 radical (unpaired) electrons. The SMILES string of the molecule is COc1ccccc1CCN[C@H]1CCc2c(c(C(=O)N3CCCCC3)nn2C)C1. The average molecular weight is 397 g/mol. The van der Waals surface area contributed by atoms with Crippen molar-refractivity contribution in [3.8, 4) is 5.75 Å². The summed E-state index contributed by atoms with van der Waals surface area (Å²) < 4.78 is 7.38. The smallest absolute Gasteiger partial charge is 0.274 e. The molecular formula is C23H32N4O2. The number of aryl methyl sites for hydroxylation is 1. The zero-order valence-electron chi connectivity index (χ0n) is 17.6. The highest BCUT2D eigenvalue weighted by molar-refractivity contribution is 5.94. The zero-order chi connectivity index (χ0) is 20.2. The molecule has 1 atom stereocenters. The highest BCUT2D eigenvalue weighted by Crippen LogP contribution is 2.26. The second-order valence-electron chi connectivity index (χ2n) is 8.21. The molecule has 0 unspecified atom stereocenters. The lowest BCUT2D eigenvalue weighted by Gasteiger charge is -2.27. The first-order valence-electron chi connectivity index (χ1n) is 10.9. The van der Waals surface area contributed by atoms with Crippen molar-refractivity contribution in [3.63, 3.8) is 0 Å². The number of hydrogen-bond donors (Lipinski definition) is 1. The maximum absolute atomic E-state index is 13.1. The first-order valence-corrected chi connectivity index (χ1v) is 10.9. The van der Waals surface area contributed by atoms with Crippen LogP contribution >= 0.6 is 0 Å². The Morgan fingerprint density at radius 2 is 2.03 bits per heavy atom. The molecule has 0 bridgehead atoms. The summed E-state index contributed by atoms with van der Waals surface area (Å²) in [6.07, 6.45) is 7.29. The van der Waals surface area contributed by atoms with Crippen molar-refractivity contribution in [3.05, 3.63) is 46.8 Å². The van der Waals surface area contributed by atoms with Crippen LogP contribution in [0.5, 0.6) is 5.75 Å². The molecule has 0 spiro atoms. The predicted octanol–water partition coefficient (Wildman–Crippen LogP) is 2.74. The van der Waals surface area contributed by atoms with Gasteiger partial charge in [-0.25, -0.2) is 0 Å². The Morgan fingerprint density at radius 1 is 1.24 bits per heavy atom. The number of methoxy groups -OCH3 is 1. The minimum atomic E-state index is 0.122. The number of nitrogens with zero attached hydrogens (tertiary/aromatic N) is 3. The number of carbonyl (C=O) groups is 1. The van der Waals surface area contributed by atoms with Crippen LogP contribution in [0.15, 0.2) is 24.3 Å². The van der Waals surface area contributed by atoms with Crippen molar-refractivity contribution in [1.29, 1.82) is 0 Å². The Morgan fingerprint density at radius 3 is 2.83 bits per heavy atom. The average Bonchev–Trinajstić information content (AvgIpc) is 3.10. The quantitative estimate of drug-likeness (QED) is 0.816. The van der Waals surface area contributed by atoms with Crippen LogP contribution in [0.1, 0.15) is 53.0 Å². The van der Waals surface area contributed by atoms with Crippen molar-refractivity contribution in [1.82, 2.24) is 20.0 Å². The minimum absolute atomic E-state index is 0.122. The van der Waals surface area contributed by atoms with E-state index in [1.807, 2.05) is 28.8 Å². The Kier molecular flexibility index (Phi) is 6.19. The number of amides is 1. The molecule has 2 aromatic rings. The van der Waals surface area contributed by atoms with E-state index in [1.54, 1.807) is 7.11 Å². The Bertz CT molecular complexity index is 855. The lowest BCUT2D eigenvalue weighted by atomic mass is 9.90. The van der Waals surface area contributed by atoms with Gasteiger partial charge in [-0.05, 0) is 63.1 Å². The standard InChI is InChI=1S/C23H32N4O2/c1-26-20-11-10-18(24-13-12-17-8-4-5-9-21(17)29-2)16-19(20)22(25-26)23(28)27-14-6-3-7-15-27/h4-5,8-9,18,24H,3,6-7,10-16H2,1-2H3/t18-/m0/s1. The van der Waals surface area contributed by atoms with E-state index in [0.29, 0.717) is 11.7 Å². The number of fused-ring (bicyclic) bond motifs is 1. The lowest BCUT2D eigenvalue weighted by Crippen LogP contribution is -2.38. The molecule has 1 aromatic heterocycles. The first kappa shape index (κ1) is 20.0. The topological polar surface area (TPSA) is 59.4 Å². The summed E-state index contributed by atoms with van der Waals surface area (Å²) in [5.41, 5.74) is 4.29. The van der Waals surface area contributed by atoms with Gasteiger partial charge in [0.25, 0.3) is 5.91 Å². The number of aromatic nitrogens is 2. The Hall–Kier alpha value is -2.34. The number of nitrogens with one attached hydrogen (secondary N) is 1. The number of rotatable bonds is 6. The highest BCUT2D eigenvalue weighted by Gasteiger charge is 2.30. The third-order valence-electron chi connectivity index (χ3n) is 6.32. The molecule has 2 heterocycles. The minimum Gasteiger partial charge on any atom is -0.496 e. The van der Waals surface area contributed by atoms with E-state index in [4.69, 9.17) is 4.74 Å². The fourth-order valence-electron chi connectivity index (χ4n) is 4.70. The van der Waals surface area contributed by atoms with Crippen LogP contribution in [-0.4, -0.2) is 53.4 Å². The summed E-state index contributed by atoms with van der Waals surface area (Å²) in [5.74, 6) is 1.07. The summed E-state index contributed by atoms with van der Waals surface area (Å²) in [7, 11) is 3.69. The zero-order valence-corrected chi connectivity index (χ0v) is 17.6. The van der Waals surface area contributed by atoms with Gasteiger partial charge in [-0.3, -0.25) is 9.48 Å². The van der Waals surface area contributed by atoms with Crippen LogP contribution in [0.3, 0.4) is 0 Å². The van der Waals surface area contributed by atoms with E-state index >= 15 is 0 Å². The van der Waals surface area contributed by atoms with Gasteiger partial charge in [-0.2, -0.15) is 5.10 Å². The van der Waals surface area contributed by atoms with Gasteiger partial charge in [0.15, 0.2) is 5.69 Å². The molecule has 1 fully saturated rings. The highest BCUT2D eigenvalue weighted by atomic mass is 16.5. The van der Waals surface area contributed by atoms with Gasteiger partial charge in [0.2, 0.25) is 0 Å². The van der Waals surface area contributed by atoms with E-state index in [2.05, 4.69) is 22.5 Å². The van der Waals surface area contributed by atoms with Crippen LogP contribution in [-0.2, 0) is 26.3 Å². The largest absolute Gasteiger partial charge is 0.496 e. The molecule has 156 valence electrons. The monoisotopic (exact) mass is 396 g/mol. The first-order chi connectivity index (χ1) is 14.2. The van der Waals surface area contributed by atoms with Crippen molar-refractivity contribution >= 4 is 5.91 Å². The Labute approximate surface area is 173 Å². The molecule has 1 aromatic carbocycles. The predicted molar refractivity (Wildman–Crippen MR) is 113 cm³/mol. The number of benzene rings is 1. The fraction of sp³-hybridized carbons (Fsp3) is 0.565. The van der Waals surface area contributed by atoms with Crippen molar-refractivity contribution in [2.45, 2.75) is 51.0 Å². The normalized spacial score (nSPS) is 19.1. The number of ether oxygens (including phenoxy) is 1. The second-order valence-corrected chi connectivity index (χ2v) is 8.21. The molecule has 2 aliphatic rings. The van der Waals surface area contributed by atoms with Gasteiger partial charge >= 0.3 is 0 Å². The third kappa shape index (κ3) is 4.32. The van der Waals surface area contributed by atoms with Gasteiger partial charge in [0.1, 0.15) is 5.75 Å². The van der Waals surface area contributed by atoms with E-state index in [9.17, 15) is 4.79 Å². The third-order valence-corrected chi connectivity index (χ3v) is 6.32. The van der Waals surface area contributed by atoms with Crippen LogP contribution in [0, 0.1) is 0 Å². The van der Waals surface area contributed by atoms with Gasteiger partial charge in [-0.1, -0.05) is 18.2 Å². The van der Waals surface area contributed by atoms with E-state index in [0.717, 1.165) is 69.5 Å². The molecule has 1 aliphatic heterocycles. The summed E-state index contributed by atoms with van der Waals surface area (Å²) in [6, 6.07) is 8.57. The van der Waals surface area contributed by atoms with Crippen LogP contribution in [0.25, 0.3) is 0 Å². The van der Waals surface area contributed by atoms with Gasteiger partial charge in [0, 0.05) is 37.4 Å². The maximum atomic E-state index is 13.1. The van der Waals surface area contributed by atoms with Gasteiger partial charge in [0.05, 0.1) is 7.11 Å². The van der Waals surface area contributed by atoms with Crippen molar-refractivity contribution in [2.24, 2.45) is 7.05 Å². The molecule has 1 saturated heterocycles. The summed E-state index contributed by atoms with van der Waals surface area (Å²) >= 11 is 0. The van der Waals surface area contributed by atoms with Crippen LogP contribution in [0.2, 0.25) is 0 Å². The van der Waals surface area contributed by atoms with E-state index in [-0.39, 0.29) is 5.91 Å². The molecule has 4 rings (SSSR count). The lowest BCUT2D eigenvalue weighted by molar-refractivity contribution is 0.0716.